The quantitative estimate of drug-likeness (QED) is 0.948. The van der Waals surface area contributed by atoms with E-state index in [1.54, 1.807) is 22.8 Å². The monoisotopic (exact) mass is 300 g/mol. The molecule has 0 atom stereocenters. The molecule has 0 saturated heterocycles. The van der Waals surface area contributed by atoms with Gasteiger partial charge in [-0.25, -0.2) is 9.78 Å². The van der Waals surface area contributed by atoms with Gasteiger partial charge in [-0.15, -0.1) is 11.3 Å². The van der Waals surface area contributed by atoms with Gasteiger partial charge in [0.25, 0.3) is 0 Å². The van der Waals surface area contributed by atoms with Crippen LogP contribution >= 0.6 is 27.3 Å². The van der Waals surface area contributed by atoms with Crippen LogP contribution in [0.1, 0.15) is 21.2 Å². The third-order valence-corrected chi connectivity index (χ3v) is 3.89. The molecule has 0 saturated carbocycles. The smallest absolute Gasteiger partial charge is 0.354 e. The topological polar surface area (TPSA) is 55.1 Å². The van der Waals surface area contributed by atoms with Crippen molar-refractivity contribution < 1.29 is 9.90 Å². The van der Waals surface area contributed by atoms with Gasteiger partial charge in [0.2, 0.25) is 0 Å². The van der Waals surface area contributed by atoms with E-state index in [1.807, 2.05) is 11.4 Å². The molecule has 2 rings (SSSR count). The van der Waals surface area contributed by atoms with E-state index in [2.05, 4.69) is 20.9 Å². The zero-order valence-electron chi connectivity index (χ0n) is 8.48. The van der Waals surface area contributed by atoms with Gasteiger partial charge in [-0.2, -0.15) is 0 Å². The van der Waals surface area contributed by atoms with E-state index in [9.17, 15) is 4.79 Å². The maximum absolute atomic E-state index is 11.0. The number of aromatic nitrogens is 2. The first-order valence-electron chi connectivity index (χ1n) is 4.56. The summed E-state index contributed by atoms with van der Waals surface area (Å²) in [5, 5.41) is 11.0. The van der Waals surface area contributed by atoms with Crippen molar-refractivity contribution in [3.8, 4) is 0 Å². The number of carbonyl (C=O) groups is 1. The Bertz CT molecular complexity index is 533. The highest BCUT2D eigenvalue weighted by molar-refractivity contribution is 9.10. The zero-order chi connectivity index (χ0) is 11.7. The van der Waals surface area contributed by atoms with Crippen LogP contribution < -0.4 is 0 Å². The molecule has 0 radical (unpaired) electrons. The van der Waals surface area contributed by atoms with Crippen molar-refractivity contribution in [3.05, 3.63) is 38.5 Å². The summed E-state index contributed by atoms with van der Waals surface area (Å²) in [6, 6.07) is 1.98. The first-order valence-corrected chi connectivity index (χ1v) is 6.23. The predicted octanol–water partition coefficient (Wildman–Crippen LogP) is 2.76. The van der Waals surface area contributed by atoms with Gasteiger partial charge < -0.3 is 9.67 Å². The minimum atomic E-state index is -0.948. The molecule has 2 aromatic heterocycles. The van der Waals surface area contributed by atoms with Gasteiger partial charge in [-0.1, -0.05) is 0 Å². The van der Waals surface area contributed by atoms with Crippen molar-refractivity contribution in [3.63, 3.8) is 0 Å². The molecule has 84 valence electrons. The van der Waals surface area contributed by atoms with Crippen LogP contribution in [0.15, 0.2) is 22.1 Å². The fourth-order valence-electron chi connectivity index (χ4n) is 1.43. The lowest BCUT2D eigenvalue weighted by atomic mass is 10.4. The molecule has 0 aromatic carbocycles. The standard InChI is InChI=1S/C10H9BrN2O2S/c1-6-12-3-9(10(14)15)13(6)4-8-2-7(11)5-16-8/h2-3,5H,4H2,1H3,(H,14,15). The van der Waals surface area contributed by atoms with Crippen molar-refractivity contribution in [1.82, 2.24) is 9.55 Å². The summed E-state index contributed by atoms with van der Waals surface area (Å²) in [6.45, 7) is 2.35. The number of aryl methyl sites for hydroxylation is 1. The summed E-state index contributed by atoms with van der Waals surface area (Å²) in [7, 11) is 0. The van der Waals surface area contributed by atoms with E-state index in [-0.39, 0.29) is 5.69 Å². The second-order valence-electron chi connectivity index (χ2n) is 3.31. The summed E-state index contributed by atoms with van der Waals surface area (Å²) in [5.41, 5.74) is 0.224. The van der Waals surface area contributed by atoms with E-state index in [1.165, 1.54) is 6.20 Å². The van der Waals surface area contributed by atoms with Crippen molar-refractivity contribution in [1.29, 1.82) is 0 Å². The van der Waals surface area contributed by atoms with Crippen LogP contribution in [-0.2, 0) is 6.54 Å². The van der Waals surface area contributed by atoms with E-state index in [0.29, 0.717) is 12.4 Å². The fraction of sp³-hybridized carbons (Fsp3) is 0.200. The van der Waals surface area contributed by atoms with Crippen LogP contribution in [0.25, 0.3) is 0 Å². The zero-order valence-corrected chi connectivity index (χ0v) is 10.9. The third-order valence-electron chi connectivity index (χ3n) is 2.21. The maximum atomic E-state index is 11.0. The second-order valence-corrected chi connectivity index (χ2v) is 5.22. The van der Waals surface area contributed by atoms with Crippen LogP contribution in [0.4, 0.5) is 0 Å². The van der Waals surface area contributed by atoms with Gasteiger partial charge in [0.1, 0.15) is 11.5 Å². The Balaban J connectivity index is 2.33. The van der Waals surface area contributed by atoms with E-state index in [0.717, 1.165) is 9.35 Å². The third kappa shape index (κ3) is 2.17. The molecule has 0 fully saturated rings. The molecular formula is C10H9BrN2O2S. The largest absolute Gasteiger partial charge is 0.477 e. The van der Waals surface area contributed by atoms with Crippen molar-refractivity contribution in [2.45, 2.75) is 13.5 Å². The predicted molar refractivity (Wildman–Crippen MR) is 65.0 cm³/mol. The molecule has 0 bridgehead atoms. The second kappa shape index (κ2) is 4.39. The first-order chi connectivity index (χ1) is 7.58. The van der Waals surface area contributed by atoms with Gasteiger partial charge in [0.05, 0.1) is 12.7 Å². The van der Waals surface area contributed by atoms with E-state index in [4.69, 9.17) is 5.11 Å². The van der Waals surface area contributed by atoms with Gasteiger partial charge >= 0.3 is 5.97 Å². The molecular weight excluding hydrogens is 292 g/mol. The highest BCUT2D eigenvalue weighted by Crippen LogP contribution is 2.21. The number of carboxylic acid groups (broad SMARTS) is 1. The van der Waals surface area contributed by atoms with Crippen LogP contribution in [0.5, 0.6) is 0 Å². The maximum Gasteiger partial charge on any atom is 0.354 e. The van der Waals surface area contributed by atoms with E-state index >= 15 is 0 Å². The highest BCUT2D eigenvalue weighted by Gasteiger charge is 2.13. The van der Waals surface area contributed by atoms with Crippen molar-refractivity contribution in [2.75, 3.05) is 0 Å². The number of halogens is 1. The first kappa shape index (κ1) is 11.3. The molecule has 6 heteroatoms. The molecule has 0 aliphatic rings. The number of aromatic carboxylic acids is 1. The number of hydrogen-bond donors (Lipinski definition) is 1. The lowest BCUT2D eigenvalue weighted by Crippen LogP contribution is -2.10. The number of rotatable bonds is 3. The summed E-state index contributed by atoms with van der Waals surface area (Å²) in [6.07, 6.45) is 1.39. The number of thiophene rings is 1. The molecule has 0 amide bonds. The number of imidazole rings is 1. The van der Waals surface area contributed by atoms with Crippen LogP contribution in [0.2, 0.25) is 0 Å². The Morgan fingerprint density at radius 1 is 1.69 bits per heavy atom. The van der Waals surface area contributed by atoms with Crippen LogP contribution in [-0.4, -0.2) is 20.6 Å². The number of carboxylic acids is 1. The Morgan fingerprint density at radius 3 is 3.00 bits per heavy atom. The molecule has 0 unspecified atom stereocenters. The van der Waals surface area contributed by atoms with Crippen LogP contribution in [0.3, 0.4) is 0 Å². The molecule has 2 aromatic rings. The Hall–Kier alpha value is -1.14. The minimum absolute atomic E-state index is 0.224. The van der Waals surface area contributed by atoms with Gasteiger partial charge in [-0.3, -0.25) is 0 Å². The lowest BCUT2D eigenvalue weighted by molar-refractivity contribution is 0.0685. The van der Waals surface area contributed by atoms with Gasteiger partial charge in [-0.05, 0) is 28.9 Å². The molecule has 0 aliphatic heterocycles. The molecule has 4 nitrogen and oxygen atoms in total. The average molecular weight is 301 g/mol. The molecule has 2 heterocycles. The molecule has 16 heavy (non-hydrogen) atoms. The molecule has 0 aliphatic carbocycles. The molecule has 0 spiro atoms. The average Bonchev–Trinajstić information content (AvgIpc) is 2.76. The number of hydrogen-bond acceptors (Lipinski definition) is 3. The normalized spacial score (nSPS) is 10.6. The van der Waals surface area contributed by atoms with Crippen LogP contribution in [0, 0.1) is 6.92 Å². The summed E-state index contributed by atoms with van der Waals surface area (Å²) in [4.78, 5) is 16.1. The van der Waals surface area contributed by atoms with E-state index < -0.39 is 5.97 Å². The Labute approximate surface area is 105 Å². The summed E-state index contributed by atoms with van der Waals surface area (Å²) in [5.74, 6) is -0.238. The Morgan fingerprint density at radius 2 is 2.44 bits per heavy atom. The molecule has 1 N–H and O–H groups in total. The summed E-state index contributed by atoms with van der Waals surface area (Å²) < 4.78 is 2.71. The van der Waals surface area contributed by atoms with Gasteiger partial charge in [0, 0.05) is 14.7 Å². The Kier molecular flexibility index (Phi) is 3.11. The summed E-state index contributed by atoms with van der Waals surface area (Å²) >= 11 is 4.96. The highest BCUT2D eigenvalue weighted by atomic mass is 79.9. The lowest BCUT2D eigenvalue weighted by Gasteiger charge is -2.05. The van der Waals surface area contributed by atoms with Crippen molar-refractivity contribution >= 4 is 33.2 Å². The van der Waals surface area contributed by atoms with Gasteiger partial charge in [0.15, 0.2) is 0 Å². The number of nitrogens with zero attached hydrogens (tertiary/aromatic N) is 2. The minimum Gasteiger partial charge on any atom is -0.477 e. The van der Waals surface area contributed by atoms with Crippen molar-refractivity contribution in [2.24, 2.45) is 0 Å². The fourth-order valence-corrected chi connectivity index (χ4v) is 2.87. The SMILES string of the molecule is Cc1ncc(C(=O)O)n1Cc1cc(Br)cs1.